The minimum atomic E-state index is 0.708. The number of rotatable bonds is 6. The van der Waals surface area contributed by atoms with Gasteiger partial charge in [0.05, 0.1) is 18.5 Å². The molecule has 4 aromatic rings. The Morgan fingerprint density at radius 2 is 1.88 bits per heavy atom. The number of para-hydroxylation sites is 1. The maximum atomic E-state index is 5.20. The maximum Gasteiger partial charge on any atom is 0.214 e. The van der Waals surface area contributed by atoms with Crippen molar-refractivity contribution in [1.29, 1.82) is 0 Å². The molecule has 2 aromatic carbocycles. The van der Waals surface area contributed by atoms with E-state index >= 15 is 0 Å². The number of benzene rings is 2. The van der Waals surface area contributed by atoms with E-state index in [1.807, 2.05) is 54.6 Å². The van der Waals surface area contributed by atoms with E-state index in [2.05, 4.69) is 20.9 Å². The quantitative estimate of drug-likeness (QED) is 0.469. The third-order valence-electron chi connectivity index (χ3n) is 3.68. The summed E-state index contributed by atoms with van der Waals surface area (Å²) in [5, 5.41) is 15.8. The summed E-state index contributed by atoms with van der Waals surface area (Å²) in [5.74, 6) is 1.55. The highest BCUT2D eigenvalue weighted by Gasteiger charge is 2.11. The van der Waals surface area contributed by atoms with Crippen LogP contribution in [0.5, 0.6) is 5.75 Å². The van der Waals surface area contributed by atoms with E-state index in [9.17, 15) is 0 Å². The zero-order chi connectivity index (χ0) is 17.8. The van der Waals surface area contributed by atoms with Crippen molar-refractivity contribution in [3.05, 3.63) is 65.7 Å². The van der Waals surface area contributed by atoms with Gasteiger partial charge in [-0.3, -0.25) is 0 Å². The Labute approximate surface area is 158 Å². The van der Waals surface area contributed by atoms with Gasteiger partial charge in [-0.05, 0) is 46.8 Å². The number of nitrogens with zero attached hydrogens (tertiary/aromatic N) is 5. The largest absolute Gasteiger partial charge is 0.497 e. The Morgan fingerprint density at radius 1 is 1.08 bits per heavy atom. The van der Waals surface area contributed by atoms with Crippen LogP contribution in [0.25, 0.3) is 16.3 Å². The monoisotopic (exact) mass is 381 g/mol. The van der Waals surface area contributed by atoms with Crippen molar-refractivity contribution in [1.82, 2.24) is 25.2 Å². The summed E-state index contributed by atoms with van der Waals surface area (Å²) in [6, 6.07) is 17.8. The van der Waals surface area contributed by atoms with Gasteiger partial charge in [0.25, 0.3) is 0 Å². The highest BCUT2D eigenvalue weighted by Crippen LogP contribution is 2.28. The molecule has 0 aliphatic rings. The fourth-order valence-electron chi connectivity index (χ4n) is 2.38. The molecule has 0 N–H and O–H groups in total. The third kappa shape index (κ3) is 3.61. The summed E-state index contributed by atoms with van der Waals surface area (Å²) in [5.41, 5.74) is 3.03. The summed E-state index contributed by atoms with van der Waals surface area (Å²) in [6.45, 7) is 0. The summed E-state index contributed by atoms with van der Waals surface area (Å²) in [4.78, 5) is 4.72. The van der Waals surface area contributed by atoms with Gasteiger partial charge in [0.1, 0.15) is 10.8 Å². The van der Waals surface area contributed by atoms with Crippen LogP contribution in [0.1, 0.15) is 5.69 Å². The van der Waals surface area contributed by atoms with Crippen molar-refractivity contribution >= 4 is 23.1 Å². The molecule has 6 nitrogen and oxygen atoms in total. The Hall–Kier alpha value is -2.71. The number of ether oxygens (including phenoxy) is 1. The van der Waals surface area contributed by atoms with E-state index in [4.69, 9.17) is 9.72 Å². The SMILES string of the molecule is COc1ccc(-c2nc(CSc3nnnn3-c3ccccc3)cs2)cc1. The molecule has 8 heteroatoms. The highest BCUT2D eigenvalue weighted by molar-refractivity contribution is 7.98. The minimum absolute atomic E-state index is 0.708. The zero-order valence-corrected chi connectivity index (χ0v) is 15.6. The molecule has 0 unspecified atom stereocenters. The second-order valence-electron chi connectivity index (χ2n) is 5.37. The van der Waals surface area contributed by atoms with Gasteiger partial charge in [0, 0.05) is 16.7 Å². The molecule has 130 valence electrons. The molecule has 0 spiro atoms. The van der Waals surface area contributed by atoms with E-state index in [0.717, 1.165) is 32.9 Å². The average molecular weight is 381 g/mol. The predicted octanol–water partition coefficient (Wildman–Crippen LogP) is 4.09. The molecule has 0 saturated heterocycles. The first-order valence-corrected chi connectivity index (χ1v) is 9.75. The molecule has 0 atom stereocenters. The van der Waals surface area contributed by atoms with E-state index in [1.54, 1.807) is 34.9 Å². The Kier molecular flexibility index (Phi) is 4.94. The van der Waals surface area contributed by atoms with Crippen LogP contribution in [0.4, 0.5) is 0 Å². The lowest BCUT2D eigenvalue weighted by Crippen LogP contribution is -1.98. The summed E-state index contributed by atoms with van der Waals surface area (Å²) in [7, 11) is 1.66. The number of tetrazole rings is 1. The first-order valence-electron chi connectivity index (χ1n) is 7.89. The van der Waals surface area contributed by atoms with Crippen LogP contribution < -0.4 is 4.74 Å². The third-order valence-corrected chi connectivity index (χ3v) is 5.57. The van der Waals surface area contributed by atoms with Crippen LogP contribution in [0.2, 0.25) is 0 Å². The van der Waals surface area contributed by atoms with Crippen molar-refractivity contribution < 1.29 is 4.74 Å². The van der Waals surface area contributed by atoms with Crippen LogP contribution in [0, 0.1) is 0 Å². The topological polar surface area (TPSA) is 65.7 Å². The van der Waals surface area contributed by atoms with Crippen LogP contribution >= 0.6 is 23.1 Å². The number of methoxy groups -OCH3 is 1. The van der Waals surface area contributed by atoms with Gasteiger partial charge in [0.2, 0.25) is 5.16 Å². The molecule has 0 bridgehead atoms. The molecule has 2 aromatic heterocycles. The van der Waals surface area contributed by atoms with Crippen molar-refractivity contribution in [2.45, 2.75) is 10.9 Å². The summed E-state index contributed by atoms with van der Waals surface area (Å²) < 4.78 is 6.93. The van der Waals surface area contributed by atoms with Gasteiger partial charge >= 0.3 is 0 Å². The molecule has 0 aliphatic carbocycles. The second kappa shape index (κ2) is 7.67. The number of thioether (sulfide) groups is 1. The zero-order valence-electron chi connectivity index (χ0n) is 13.9. The van der Waals surface area contributed by atoms with E-state index < -0.39 is 0 Å². The lowest BCUT2D eigenvalue weighted by molar-refractivity contribution is 0.415. The molecular weight excluding hydrogens is 366 g/mol. The Balaban J connectivity index is 1.46. The minimum Gasteiger partial charge on any atom is -0.497 e. The van der Waals surface area contributed by atoms with Gasteiger partial charge in [-0.1, -0.05) is 30.0 Å². The lowest BCUT2D eigenvalue weighted by Gasteiger charge is -2.02. The standard InChI is InChI=1S/C18H15N5OS2/c1-24-16-9-7-13(8-10-16)17-19-14(11-25-17)12-26-18-20-21-22-23(18)15-5-3-2-4-6-15/h2-11H,12H2,1H3. The molecular formula is C18H15N5OS2. The number of aromatic nitrogens is 5. The van der Waals surface area contributed by atoms with Gasteiger partial charge in [-0.2, -0.15) is 4.68 Å². The van der Waals surface area contributed by atoms with E-state index in [0.29, 0.717) is 5.75 Å². The smallest absolute Gasteiger partial charge is 0.214 e. The van der Waals surface area contributed by atoms with Crippen molar-refractivity contribution in [2.75, 3.05) is 7.11 Å². The normalized spacial score (nSPS) is 10.8. The first-order chi connectivity index (χ1) is 12.8. The first kappa shape index (κ1) is 16.7. The summed E-state index contributed by atoms with van der Waals surface area (Å²) >= 11 is 3.20. The van der Waals surface area contributed by atoms with Crippen molar-refractivity contribution in [2.24, 2.45) is 0 Å². The van der Waals surface area contributed by atoms with Crippen LogP contribution in [-0.4, -0.2) is 32.3 Å². The lowest BCUT2D eigenvalue weighted by atomic mass is 10.2. The molecule has 2 heterocycles. The van der Waals surface area contributed by atoms with Crippen LogP contribution in [-0.2, 0) is 5.75 Å². The molecule has 0 saturated carbocycles. The number of hydrogen-bond donors (Lipinski definition) is 0. The van der Waals surface area contributed by atoms with E-state index in [1.165, 1.54) is 0 Å². The molecule has 26 heavy (non-hydrogen) atoms. The number of thiazole rings is 1. The second-order valence-corrected chi connectivity index (χ2v) is 7.17. The van der Waals surface area contributed by atoms with Gasteiger partial charge < -0.3 is 4.74 Å². The average Bonchev–Trinajstić information content (AvgIpc) is 3.36. The van der Waals surface area contributed by atoms with Gasteiger partial charge in [0.15, 0.2) is 0 Å². The fourth-order valence-corrected chi connectivity index (χ4v) is 4.09. The fraction of sp³-hybridized carbons (Fsp3) is 0.111. The summed E-state index contributed by atoms with van der Waals surface area (Å²) in [6.07, 6.45) is 0. The van der Waals surface area contributed by atoms with Crippen LogP contribution in [0.3, 0.4) is 0 Å². The van der Waals surface area contributed by atoms with Gasteiger partial charge in [-0.25, -0.2) is 4.98 Å². The Bertz CT molecular complexity index is 982. The molecule has 0 amide bonds. The van der Waals surface area contributed by atoms with E-state index in [-0.39, 0.29) is 0 Å². The molecule has 0 radical (unpaired) electrons. The number of hydrogen-bond acceptors (Lipinski definition) is 7. The van der Waals surface area contributed by atoms with Gasteiger partial charge in [-0.15, -0.1) is 16.4 Å². The molecule has 0 aliphatic heterocycles. The molecule has 0 fully saturated rings. The molecule has 4 rings (SSSR count). The predicted molar refractivity (Wildman–Crippen MR) is 103 cm³/mol. The van der Waals surface area contributed by atoms with Crippen molar-refractivity contribution in [3.8, 4) is 22.0 Å². The van der Waals surface area contributed by atoms with Crippen molar-refractivity contribution in [3.63, 3.8) is 0 Å². The Morgan fingerprint density at radius 3 is 2.65 bits per heavy atom. The maximum absolute atomic E-state index is 5.20. The highest BCUT2D eigenvalue weighted by atomic mass is 32.2. The van der Waals surface area contributed by atoms with Crippen LogP contribution in [0.15, 0.2) is 65.1 Å².